The average Bonchev–Trinajstić information content (AvgIpc) is 3.37. The SMILES string of the molecule is Fc1cc(NCC2C3CN(CC(c4ccccc4)c4ccccc4)CC23)ccc1N1CCOCC1. The monoisotopic (exact) mass is 471 g/mol. The van der Waals surface area contributed by atoms with Gasteiger partial charge in [-0.25, -0.2) is 4.39 Å². The summed E-state index contributed by atoms with van der Waals surface area (Å²) in [5.74, 6) is 2.46. The molecule has 5 heteroatoms. The van der Waals surface area contributed by atoms with E-state index in [0.717, 1.165) is 56.8 Å². The summed E-state index contributed by atoms with van der Waals surface area (Å²) in [6, 6.07) is 27.4. The van der Waals surface area contributed by atoms with Gasteiger partial charge in [0.15, 0.2) is 0 Å². The van der Waals surface area contributed by atoms with E-state index in [2.05, 4.69) is 75.8 Å². The number of nitrogens with one attached hydrogen (secondary N) is 1. The quantitative estimate of drug-likeness (QED) is 0.496. The van der Waals surface area contributed by atoms with E-state index in [4.69, 9.17) is 4.74 Å². The second kappa shape index (κ2) is 10.00. The lowest BCUT2D eigenvalue weighted by Gasteiger charge is -2.29. The highest BCUT2D eigenvalue weighted by atomic mass is 19.1. The number of nitrogens with zero attached hydrogens (tertiary/aromatic N) is 2. The van der Waals surface area contributed by atoms with Crippen molar-refractivity contribution in [2.75, 3.05) is 62.7 Å². The highest BCUT2D eigenvalue weighted by molar-refractivity contribution is 5.56. The van der Waals surface area contributed by atoms with E-state index in [0.29, 0.717) is 30.7 Å². The summed E-state index contributed by atoms with van der Waals surface area (Å²) in [7, 11) is 0. The van der Waals surface area contributed by atoms with Crippen molar-refractivity contribution in [1.82, 2.24) is 4.90 Å². The average molecular weight is 472 g/mol. The van der Waals surface area contributed by atoms with Crippen LogP contribution in [0, 0.1) is 23.6 Å². The molecule has 1 N–H and O–H groups in total. The lowest BCUT2D eigenvalue weighted by molar-refractivity contribution is 0.122. The Labute approximate surface area is 207 Å². The van der Waals surface area contributed by atoms with Crippen molar-refractivity contribution in [1.29, 1.82) is 0 Å². The third-order valence-electron chi connectivity index (χ3n) is 8.13. The van der Waals surface area contributed by atoms with Gasteiger partial charge in [-0.3, -0.25) is 0 Å². The molecule has 3 aromatic rings. The first-order chi connectivity index (χ1) is 17.3. The number of morpholine rings is 1. The minimum atomic E-state index is -0.146. The molecule has 4 nitrogen and oxygen atoms in total. The van der Waals surface area contributed by atoms with Gasteiger partial charge in [0.1, 0.15) is 5.82 Å². The molecule has 182 valence electrons. The maximum absolute atomic E-state index is 14.7. The van der Waals surface area contributed by atoms with E-state index in [1.165, 1.54) is 11.1 Å². The van der Waals surface area contributed by atoms with Gasteiger partial charge in [0, 0.05) is 50.9 Å². The number of benzene rings is 3. The first kappa shape index (κ1) is 22.6. The number of anilines is 2. The predicted molar refractivity (Wildman–Crippen MR) is 140 cm³/mol. The minimum Gasteiger partial charge on any atom is -0.385 e. The summed E-state index contributed by atoms with van der Waals surface area (Å²) in [4.78, 5) is 4.72. The van der Waals surface area contributed by atoms with Crippen molar-refractivity contribution in [3.05, 3.63) is 95.8 Å². The lowest BCUT2D eigenvalue weighted by Crippen LogP contribution is -2.36. The Hall–Kier alpha value is -2.89. The van der Waals surface area contributed by atoms with Gasteiger partial charge in [-0.1, -0.05) is 60.7 Å². The normalized spacial score (nSPS) is 23.9. The Morgan fingerprint density at radius 2 is 1.49 bits per heavy atom. The molecule has 2 aliphatic heterocycles. The van der Waals surface area contributed by atoms with Crippen molar-refractivity contribution in [2.24, 2.45) is 17.8 Å². The fourth-order valence-corrected chi connectivity index (χ4v) is 6.13. The Morgan fingerprint density at radius 1 is 0.857 bits per heavy atom. The summed E-state index contributed by atoms with van der Waals surface area (Å²) in [5, 5.41) is 3.51. The topological polar surface area (TPSA) is 27.7 Å². The molecule has 3 aliphatic rings. The Balaban J connectivity index is 1.03. The van der Waals surface area contributed by atoms with E-state index in [9.17, 15) is 4.39 Å². The molecule has 35 heavy (non-hydrogen) atoms. The van der Waals surface area contributed by atoms with Crippen molar-refractivity contribution in [3.63, 3.8) is 0 Å². The molecule has 0 aromatic heterocycles. The van der Waals surface area contributed by atoms with Crippen LogP contribution in [0.1, 0.15) is 17.0 Å². The lowest BCUT2D eigenvalue weighted by atomic mass is 9.91. The summed E-state index contributed by atoms with van der Waals surface area (Å²) in [6.45, 7) is 7.16. The molecule has 0 radical (unpaired) electrons. The van der Waals surface area contributed by atoms with Crippen LogP contribution in [-0.4, -0.2) is 57.4 Å². The van der Waals surface area contributed by atoms with E-state index in [-0.39, 0.29) is 5.82 Å². The highest BCUT2D eigenvalue weighted by Crippen LogP contribution is 2.52. The maximum Gasteiger partial charge on any atom is 0.148 e. The van der Waals surface area contributed by atoms with Gasteiger partial charge in [0.2, 0.25) is 0 Å². The number of fused-ring (bicyclic) bond motifs is 1. The van der Waals surface area contributed by atoms with E-state index >= 15 is 0 Å². The molecule has 3 fully saturated rings. The molecule has 1 aliphatic carbocycles. The van der Waals surface area contributed by atoms with Gasteiger partial charge in [-0.15, -0.1) is 0 Å². The Morgan fingerprint density at radius 3 is 2.09 bits per heavy atom. The van der Waals surface area contributed by atoms with Crippen molar-refractivity contribution < 1.29 is 9.13 Å². The second-order valence-corrected chi connectivity index (χ2v) is 10.2. The van der Waals surface area contributed by atoms with Gasteiger partial charge in [-0.2, -0.15) is 0 Å². The molecule has 2 unspecified atom stereocenters. The number of piperidine rings is 1. The number of hydrogen-bond donors (Lipinski definition) is 1. The largest absolute Gasteiger partial charge is 0.385 e. The fraction of sp³-hybridized carbons (Fsp3) is 0.400. The number of halogens is 1. The minimum absolute atomic E-state index is 0.146. The first-order valence-electron chi connectivity index (χ1n) is 12.9. The zero-order valence-corrected chi connectivity index (χ0v) is 20.2. The van der Waals surface area contributed by atoms with Gasteiger partial charge in [0.05, 0.1) is 18.9 Å². The van der Waals surface area contributed by atoms with Gasteiger partial charge in [-0.05, 0) is 47.1 Å². The molecule has 6 rings (SSSR count). The van der Waals surface area contributed by atoms with Crippen LogP contribution < -0.4 is 10.2 Å². The molecule has 0 spiro atoms. The molecule has 0 amide bonds. The molecule has 2 saturated heterocycles. The Kier molecular flexibility index (Phi) is 6.45. The van der Waals surface area contributed by atoms with E-state index in [1.807, 2.05) is 12.1 Å². The van der Waals surface area contributed by atoms with Gasteiger partial charge >= 0.3 is 0 Å². The number of likely N-dealkylation sites (tertiary alicyclic amines) is 1. The number of rotatable bonds is 8. The first-order valence-corrected chi connectivity index (χ1v) is 12.9. The third kappa shape index (κ3) is 4.93. The number of ether oxygens (including phenoxy) is 1. The van der Waals surface area contributed by atoms with Crippen molar-refractivity contribution in [2.45, 2.75) is 5.92 Å². The third-order valence-corrected chi connectivity index (χ3v) is 8.13. The molecular formula is C30H34FN3O. The van der Waals surface area contributed by atoms with E-state index in [1.54, 1.807) is 6.07 Å². The Bertz CT molecular complexity index is 1070. The standard InChI is InChI=1S/C30H34FN3O/c31-29-17-24(11-12-30(29)34-13-15-35-16-14-34)32-18-25-27-20-33(21-28(25)27)19-26(22-7-3-1-4-8-22)23-9-5-2-6-10-23/h1-12,17,25-28,32H,13-16,18-21H2. The second-order valence-electron chi connectivity index (χ2n) is 10.2. The number of hydrogen-bond acceptors (Lipinski definition) is 4. The van der Waals surface area contributed by atoms with Crippen LogP contribution in [0.2, 0.25) is 0 Å². The molecule has 2 heterocycles. The van der Waals surface area contributed by atoms with Crippen LogP contribution in [0.3, 0.4) is 0 Å². The molecule has 1 saturated carbocycles. The van der Waals surface area contributed by atoms with Crippen LogP contribution in [0.4, 0.5) is 15.8 Å². The summed E-state index contributed by atoms with van der Waals surface area (Å²) < 4.78 is 20.1. The van der Waals surface area contributed by atoms with E-state index < -0.39 is 0 Å². The summed E-state index contributed by atoms with van der Waals surface area (Å²) >= 11 is 0. The van der Waals surface area contributed by atoms with Crippen molar-refractivity contribution >= 4 is 11.4 Å². The smallest absolute Gasteiger partial charge is 0.148 e. The van der Waals surface area contributed by atoms with Crippen LogP contribution in [-0.2, 0) is 4.74 Å². The highest BCUT2D eigenvalue weighted by Gasteiger charge is 2.55. The fourth-order valence-electron chi connectivity index (χ4n) is 6.13. The molecular weight excluding hydrogens is 437 g/mol. The zero-order chi connectivity index (χ0) is 23.6. The summed E-state index contributed by atoms with van der Waals surface area (Å²) in [6.07, 6.45) is 0. The molecule has 3 aromatic carbocycles. The van der Waals surface area contributed by atoms with Crippen LogP contribution in [0.25, 0.3) is 0 Å². The van der Waals surface area contributed by atoms with Crippen LogP contribution in [0.15, 0.2) is 78.9 Å². The molecule has 2 atom stereocenters. The van der Waals surface area contributed by atoms with Gasteiger partial charge in [0.25, 0.3) is 0 Å². The van der Waals surface area contributed by atoms with Gasteiger partial charge < -0.3 is 19.9 Å². The van der Waals surface area contributed by atoms with Crippen LogP contribution >= 0.6 is 0 Å². The summed E-state index contributed by atoms with van der Waals surface area (Å²) in [5.41, 5.74) is 4.35. The predicted octanol–water partition coefficient (Wildman–Crippen LogP) is 5.08. The zero-order valence-electron chi connectivity index (χ0n) is 20.2. The maximum atomic E-state index is 14.7. The van der Waals surface area contributed by atoms with Crippen molar-refractivity contribution in [3.8, 4) is 0 Å². The van der Waals surface area contributed by atoms with Crippen LogP contribution in [0.5, 0.6) is 0 Å². The molecule has 0 bridgehead atoms.